The van der Waals surface area contributed by atoms with Gasteiger partial charge in [0.05, 0.1) is 37.5 Å². The van der Waals surface area contributed by atoms with Gasteiger partial charge in [0.15, 0.2) is 0 Å². The summed E-state index contributed by atoms with van der Waals surface area (Å²) in [6.45, 7) is 2.05. The highest BCUT2D eigenvalue weighted by Gasteiger charge is 2.45. The van der Waals surface area contributed by atoms with Gasteiger partial charge in [-0.2, -0.15) is 0 Å². The van der Waals surface area contributed by atoms with Crippen molar-refractivity contribution >= 4 is 11.8 Å². The Labute approximate surface area is 210 Å². The predicted molar refractivity (Wildman–Crippen MR) is 134 cm³/mol. The predicted octanol–water partition coefficient (Wildman–Crippen LogP) is 2.10. The van der Waals surface area contributed by atoms with E-state index in [0.29, 0.717) is 34.7 Å². The summed E-state index contributed by atoms with van der Waals surface area (Å²) in [5.74, 6) is 0.200. The van der Waals surface area contributed by atoms with E-state index in [0.717, 1.165) is 50.0 Å². The Hall–Kier alpha value is -3.56. The highest BCUT2D eigenvalue weighted by atomic mass is 16.5. The van der Waals surface area contributed by atoms with Crippen LogP contribution in [0.5, 0.6) is 5.75 Å². The van der Waals surface area contributed by atoms with Crippen molar-refractivity contribution in [2.24, 2.45) is 16.9 Å². The molecule has 3 aliphatic rings. The molecule has 0 bridgehead atoms. The zero-order chi connectivity index (χ0) is 25.3. The number of carbonyl (C=O) groups excluding carboxylic acids is 2. The molecule has 2 aromatic rings. The lowest BCUT2D eigenvalue weighted by molar-refractivity contribution is -0.138. The fourth-order valence-corrected chi connectivity index (χ4v) is 5.45. The number of ether oxygens (including phenoxy) is 2. The molecule has 0 aromatic heterocycles. The molecule has 2 aromatic carbocycles. The highest BCUT2D eigenvalue weighted by Crippen LogP contribution is 2.44. The van der Waals surface area contributed by atoms with Gasteiger partial charge in [0, 0.05) is 18.0 Å². The number of nitrogens with zero attached hydrogens (tertiary/aromatic N) is 1. The van der Waals surface area contributed by atoms with Gasteiger partial charge >= 0.3 is 0 Å². The Kier molecular flexibility index (Phi) is 6.59. The number of nitrogens with two attached hydrogens (primary N) is 2. The summed E-state index contributed by atoms with van der Waals surface area (Å²) in [6.07, 6.45) is 4.16. The van der Waals surface area contributed by atoms with Gasteiger partial charge in [-0.3, -0.25) is 14.6 Å². The third-order valence-electron chi connectivity index (χ3n) is 7.67. The number of rotatable bonds is 7. The summed E-state index contributed by atoms with van der Waals surface area (Å²) in [6, 6.07) is 14.6. The molecule has 9 heteroatoms. The first-order valence-electron chi connectivity index (χ1n) is 12.3. The molecule has 2 aliphatic heterocycles. The van der Waals surface area contributed by atoms with E-state index in [1.807, 2.05) is 35.3 Å². The van der Waals surface area contributed by atoms with Crippen LogP contribution in [0.25, 0.3) is 0 Å². The molecule has 36 heavy (non-hydrogen) atoms. The van der Waals surface area contributed by atoms with E-state index in [2.05, 4.69) is 10.7 Å². The molecule has 1 unspecified atom stereocenters. The summed E-state index contributed by atoms with van der Waals surface area (Å²) in [5, 5.41) is 4.87. The molecule has 5 rings (SSSR count). The summed E-state index contributed by atoms with van der Waals surface area (Å²) >= 11 is 0. The smallest absolute Gasteiger partial charge is 0.255 e. The summed E-state index contributed by atoms with van der Waals surface area (Å²) in [7, 11) is 1.54. The van der Waals surface area contributed by atoms with Gasteiger partial charge in [0.1, 0.15) is 11.6 Å². The molecule has 2 fully saturated rings. The van der Waals surface area contributed by atoms with E-state index >= 15 is 0 Å². The molecule has 9 nitrogen and oxygen atoms in total. The van der Waals surface area contributed by atoms with E-state index in [9.17, 15) is 9.59 Å². The number of methoxy groups -OCH3 is 1. The largest absolute Gasteiger partial charge is 0.496 e. The molecular weight excluding hydrogens is 458 g/mol. The standard InChI is InChI=1S/C27H33N5O4/c1-35-21-5-3-2-4-20(21)26(34)30-14-17-6-8-18(9-7-17)23-22(25(29)33)24(28)32(31-23)19-10-12-27(13-11-19)15-36-16-27/h2-9,19,23,31H,10-16,28H2,1H3,(H2,29,33)(H,30,34). The minimum Gasteiger partial charge on any atom is -0.496 e. The van der Waals surface area contributed by atoms with Crippen molar-refractivity contribution in [2.45, 2.75) is 44.3 Å². The lowest BCUT2D eigenvalue weighted by Crippen LogP contribution is -2.51. The molecule has 190 valence electrons. The van der Waals surface area contributed by atoms with Crippen molar-refractivity contribution in [2.75, 3.05) is 20.3 Å². The van der Waals surface area contributed by atoms with Crippen LogP contribution in [0.2, 0.25) is 0 Å². The number of hydrogen-bond donors (Lipinski definition) is 4. The third kappa shape index (κ3) is 4.52. The summed E-state index contributed by atoms with van der Waals surface area (Å²) in [5.41, 5.74) is 18.7. The Morgan fingerprint density at radius 1 is 1.14 bits per heavy atom. The summed E-state index contributed by atoms with van der Waals surface area (Å²) in [4.78, 5) is 24.9. The quantitative estimate of drug-likeness (QED) is 0.466. The molecule has 2 heterocycles. The normalized spacial score (nSPS) is 21.4. The fraction of sp³-hybridized carbons (Fsp3) is 0.407. The van der Waals surface area contributed by atoms with Gasteiger partial charge < -0.3 is 26.3 Å². The minimum absolute atomic E-state index is 0.208. The molecule has 2 amide bonds. The zero-order valence-corrected chi connectivity index (χ0v) is 20.5. The second-order valence-electron chi connectivity index (χ2n) is 9.94. The van der Waals surface area contributed by atoms with E-state index in [1.165, 1.54) is 0 Å². The Bertz CT molecular complexity index is 1160. The van der Waals surface area contributed by atoms with Crippen LogP contribution in [0, 0.1) is 5.41 Å². The van der Waals surface area contributed by atoms with Crippen molar-refractivity contribution in [1.82, 2.24) is 15.8 Å². The fourth-order valence-electron chi connectivity index (χ4n) is 5.45. The first-order valence-corrected chi connectivity index (χ1v) is 12.3. The second kappa shape index (κ2) is 9.83. The molecule has 6 N–H and O–H groups in total. The number of nitrogens with one attached hydrogen (secondary N) is 2. The Morgan fingerprint density at radius 2 is 1.83 bits per heavy atom. The molecule has 1 saturated heterocycles. The maximum Gasteiger partial charge on any atom is 0.255 e. The molecule has 1 spiro atoms. The molecule has 1 saturated carbocycles. The number of para-hydroxylation sites is 1. The van der Waals surface area contributed by atoms with Crippen LogP contribution in [0.15, 0.2) is 59.9 Å². The van der Waals surface area contributed by atoms with Crippen LogP contribution in [0.3, 0.4) is 0 Å². The van der Waals surface area contributed by atoms with Crippen molar-refractivity contribution in [3.05, 3.63) is 76.6 Å². The van der Waals surface area contributed by atoms with Gasteiger partial charge in [-0.05, 0) is 48.9 Å². The summed E-state index contributed by atoms with van der Waals surface area (Å²) < 4.78 is 10.7. The Morgan fingerprint density at radius 3 is 2.44 bits per heavy atom. The average Bonchev–Trinajstić information content (AvgIpc) is 3.23. The minimum atomic E-state index is -0.527. The number of amides is 2. The van der Waals surface area contributed by atoms with E-state index in [4.69, 9.17) is 20.9 Å². The zero-order valence-electron chi connectivity index (χ0n) is 20.5. The number of carbonyl (C=O) groups is 2. The number of primary amides is 1. The van der Waals surface area contributed by atoms with Gasteiger partial charge in [-0.25, -0.2) is 5.43 Å². The van der Waals surface area contributed by atoms with Gasteiger partial charge in [-0.15, -0.1) is 0 Å². The maximum atomic E-state index is 12.6. The lowest BCUT2D eigenvalue weighted by atomic mass is 9.71. The molecule has 0 radical (unpaired) electrons. The topological polar surface area (TPSA) is 132 Å². The van der Waals surface area contributed by atoms with Gasteiger partial charge in [0.2, 0.25) is 5.91 Å². The molecule has 1 atom stereocenters. The molecule has 1 aliphatic carbocycles. The van der Waals surface area contributed by atoms with Crippen LogP contribution in [0.4, 0.5) is 0 Å². The number of benzene rings is 2. The second-order valence-corrected chi connectivity index (χ2v) is 9.94. The van der Waals surface area contributed by atoms with E-state index in [-0.39, 0.29) is 11.9 Å². The van der Waals surface area contributed by atoms with Crippen LogP contribution >= 0.6 is 0 Å². The van der Waals surface area contributed by atoms with E-state index < -0.39 is 11.9 Å². The third-order valence-corrected chi connectivity index (χ3v) is 7.67. The first kappa shape index (κ1) is 24.1. The average molecular weight is 492 g/mol. The SMILES string of the molecule is COc1ccccc1C(=O)NCc1ccc(C2NN(C3CCC4(CC3)COC4)C(N)=C2C(N)=O)cc1. The highest BCUT2D eigenvalue weighted by molar-refractivity contribution is 5.97. The van der Waals surface area contributed by atoms with Crippen LogP contribution < -0.4 is 26.9 Å². The van der Waals surface area contributed by atoms with Crippen molar-refractivity contribution in [3.63, 3.8) is 0 Å². The van der Waals surface area contributed by atoms with Crippen LogP contribution in [-0.2, 0) is 16.1 Å². The maximum absolute atomic E-state index is 12.6. The lowest BCUT2D eigenvalue weighted by Gasteiger charge is -2.48. The monoisotopic (exact) mass is 491 g/mol. The van der Waals surface area contributed by atoms with Gasteiger partial charge in [0.25, 0.3) is 5.91 Å². The van der Waals surface area contributed by atoms with Gasteiger partial charge in [-0.1, -0.05) is 36.4 Å². The van der Waals surface area contributed by atoms with Crippen molar-refractivity contribution < 1.29 is 19.1 Å². The van der Waals surface area contributed by atoms with Crippen molar-refractivity contribution in [3.8, 4) is 5.75 Å². The number of hydrogen-bond acceptors (Lipinski definition) is 7. The number of hydrazine groups is 1. The van der Waals surface area contributed by atoms with Crippen LogP contribution in [0.1, 0.15) is 53.2 Å². The Balaban J connectivity index is 1.25. The van der Waals surface area contributed by atoms with E-state index in [1.54, 1.807) is 25.3 Å². The van der Waals surface area contributed by atoms with Crippen LogP contribution in [-0.4, -0.2) is 43.2 Å². The van der Waals surface area contributed by atoms with Crippen molar-refractivity contribution in [1.29, 1.82) is 0 Å². The molecular formula is C27H33N5O4. The first-order chi connectivity index (χ1) is 17.4.